The van der Waals surface area contributed by atoms with Crippen LogP contribution in [0.5, 0.6) is 0 Å². The van der Waals surface area contributed by atoms with Gasteiger partial charge in [0.15, 0.2) is 0 Å². The second-order valence-electron chi connectivity index (χ2n) is 4.72. The molecule has 0 amide bonds. The van der Waals surface area contributed by atoms with E-state index in [1.165, 1.54) is 0 Å². The Balaban J connectivity index is 4.39. The van der Waals surface area contributed by atoms with Crippen molar-refractivity contribution in [1.82, 2.24) is 14.7 Å². The number of rotatable bonds is 11. The lowest BCUT2D eigenvalue weighted by Crippen LogP contribution is -2.40. The third-order valence-electron chi connectivity index (χ3n) is 3.04. The Morgan fingerprint density at radius 3 is 0.909 bits per heavy atom. The van der Waals surface area contributed by atoms with Crippen LogP contribution in [-0.2, 0) is 0 Å². The van der Waals surface area contributed by atoms with Crippen molar-refractivity contribution < 1.29 is 0 Å². The van der Waals surface area contributed by atoms with Crippen molar-refractivity contribution in [1.29, 1.82) is 0 Å². The highest BCUT2D eigenvalue weighted by molar-refractivity contribution is 4.96. The van der Waals surface area contributed by atoms with Crippen LogP contribution in [0.4, 0.5) is 0 Å². The normalized spacial score (nSPS) is 9.73. The van der Waals surface area contributed by atoms with E-state index in [0.29, 0.717) is 32.7 Å². The highest BCUT2D eigenvalue weighted by Gasteiger charge is 2.09. The molecule has 0 spiro atoms. The fraction of sp³-hybridized carbons (Fsp3) is 0.474. The molecule has 0 radical (unpaired) electrons. The van der Waals surface area contributed by atoms with Gasteiger partial charge in [0.05, 0.1) is 32.7 Å². The SMILES string of the molecule is C#CCN(CC#C)CCN(CC#C)CCN(CC#C)CC#C. The van der Waals surface area contributed by atoms with E-state index in [2.05, 4.69) is 34.5 Å². The number of hydrogen-bond acceptors (Lipinski definition) is 3. The minimum absolute atomic E-state index is 0.536. The van der Waals surface area contributed by atoms with Crippen LogP contribution in [0.3, 0.4) is 0 Å². The largest absolute Gasteiger partial charge is 0.290 e. The maximum atomic E-state index is 5.43. The molecule has 3 heteroatoms. The summed E-state index contributed by atoms with van der Waals surface area (Å²) in [7, 11) is 0. The van der Waals surface area contributed by atoms with Gasteiger partial charge < -0.3 is 0 Å². The van der Waals surface area contributed by atoms with Gasteiger partial charge in [-0.2, -0.15) is 0 Å². The Morgan fingerprint density at radius 1 is 0.409 bits per heavy atom. The molecule has 0 aromatic heterocycles. The molecule has 0 unspecified atom stereocenters. The maximum absolute atomic E-state index is 5.43. The van der Waals surface area contributed by atoms with E-state index in [9.17, 15) is 0 Å². The van der Waals surface area contributed by atoms with E-state index in [4.69, 9.17) is 32.1 Å². The molecule has 114 valence electrons. The fourth-order valence-corrected chi connectivity index (χ4v) is 1.91. The molecule has 0 saturated carbocycles. The molecule has 3 nitrogen and oxygen atoms in total. The Labute approximate surface area is 136 Å². The molecular formula is C19H23N3. The minimum atomic E-state index is 0.536. The molecule has 0 atom stereocenters. The zero-order valence-corrected chi connectivity index (χ0v) is 13.1. The van der Waals surface area contributed by atoms with Crippen LogP contribution in [0.2, 0.25) is 0 Å². The number of hydrogen-bond donors (Lipinski definition) is 0. The van der Waals surface area contributed by atoms with E-state index in [1.807, 2.05) is 9.80 Å². The van der Waals surface area contributed by atoms with Gasteiger partial charge >= 0.3 is 0 Å². The summed E-state index contributed by atoms with van der Waals surface area (Å²) < 4.78 is 0. The zero-order chi connectivity index (χ0) is 16.6. The third kappa shape index (κ3) is 9.56. The Kier molecular flexibility index (Phi) is 12.2. The fourth-order valence-electron chi connectivity index (χ4n) is 1.91. The zero-order valence-electron chi connectivity index (χ0n) is 13.1. The molecule has 0 rings (SSSR count). The van der Waals surface area contributed by atoms with Gasteiger partial charge in [-0.15, -0.1) is 32.1 Å². The highest BCUT2D eigenvalue weighted by Crippen LogP contribution is 1.95. The van der Waals surface area contributed by atoms with Crippen molar-refractivity contribution >= 4 is 0 Å². The molecule has 0 aliphatic heterocycles. The summed E-state index contributed by atoms with van der Waals surface area (Å²) in [4.78, 5) is 6.23. The summed E-state index contributed by atoms with van der Waals surface area (Å²) in [5.74, 6) is 13.1. The summed E-state index contributed by atoms with van der Waals surface area (Å²) in [6, 6.07) is 0. The van der Waals surface area contributed by atoms with Crippen molar-refractivity contribution in [3.8, 4) is 61.7 Å². The molecular weight excluding hydrogens is 270 g/mol. The molecule has 0 saturated heterocycles. The van der Waals surface area contributed by atoms with Crippen molar-refractivity contribution in [3.05, 3.63) is 0 Å². The number of terminal acetylenes is 5. The average molecular weight is 293 g/mol. The maximum Gasteiger partial charge on any atom is 0.0607 e. The Hall–Kier alpha value is -2.32. The summed E-state index contributed by atoms with van der Waals surface area (Å²) in [6.45, 7) is 5.87. The first-order valence-corrected chi connectivity index (χ1v) is 7.06. The van der Waals surface area contributed by atoms with Crippen molar-refractivity contribution in [2.75, 3.05) is 58.9 Å². The van der Waals surface area contributed by atoms with Gasteiger partial charge in [-0.1, -0.05) is 29.6 Å². The lowest BCUT2D eigenvalue weighted by atomic mass is 10.3. The van der Waals surface area contributed by atoms with Crippen LogP contribution >= 0.6 is 0 Å². The van der Waals surface area contributed by atoms with E-state index in [1.54, 1.807) is 0 Å². The van der Waals surface area contributed by atoms with Crippen molar-refractivity contribution in [3.63, 3.8) is 0 Å². The van der Waals surface area contributed by atoms with Crippen LogP contribution in [-0.4, -0.2) is 73.6 Å². The summed E-state index contributed by atoms with van der Waals surface area (Å²) in [5.41, 5.74) is 0. The second kappa shape index (κ2) is 13.7. The first kappa shape index (κ1) is 19.7. The molecule has 0 bridgehead atoms. The summed E-state index contributed by atoms with van der Waals surface area (Å²) in [6.07, 6.45) is 26.8. The van der Waals surface area contributed by atoms with Gasteiger partial charge in [0.25, 0.3) is 0 Å². The molecule has 0 N–H and O–H groups in total. The van der Waals surface area contributed by atoms with Gasteiger partial charge in [0, 0.05) is 26.2 Å². The summed E-state index contributed by atoms with van der Waals surface area (Å²) in [5, 5.41) is 0. The van der Waals surface area contributed by atoms with Crippen LogP contribution in [0.1, 0.15) is 0 Å². The average Bonchev–Trinajstić information content (AvgIpc) is 2.50. The molecule has 0 aromatic rings. The molecule has 0 heterocycles. The topological polar surface area (TPSA) is 9.72 Å². The number of nitrogens with zero attached hydrogens (tertiary/aromatic N) is 3. The van der Waals surface area contributed by atoms with E-state index < -0.39 is 0 Å². The van der Waals surface area contributed by atoms with Crippen LogP contribution < -0.4 is 0 Å². The molecule has 0 fully saturated rings. The van der Waals surface area contributed by atoms with Gasteiger partial charge in [0.1, 0.15) is 0 Å². The van der Waals surface area contributed by atoms with Gasteiger partial charge in [0.2, 0.25) is 0 Å². The quantitative estimate of drug-likeness (QED) is 0.499. The molecule has 22 heavy (non-hydrogen) atoms. The first-order valence-electron chi connectivity index (χ1n) is 7.06. The smallest absolute Gasteiger partial charge is 0.0607 e. The van der Waals surface area contributed by atoms with Gasteiger partial charge in [-0.05, 0) is 0 Å². The van der Waals surface area contributed by atoms with Gasteiger partial charge in [-0.25, -0.2) is 0 Å². The van der Waals surface area contributed by atoms with Crippen molar-refractivity contribution in [2.45, 2.75) is 0 Å². The highest BCUT2D eigenvalue weighted by atomic mass is 15.2. The van der Waals surface area contributed by atoms with E-state index >= 15 is 0 Å². The minimum Gasteiger partial charge on any atom is -0.290 e. The van der Waals surface area contributed by atoms with Crippen LogP contribution in [0, 0.1) is 61.7 Å². The lowest BCUT2D eigenvalue weighted by molar-refractivity contribution is 0.216. The molecule has 0 aliphatic carbocycles. The standard InChI is InChI=1S/C19H23N3/c1-6-11-20(12-7-2)16-18-22(15-10-5)19-17-21(13-8-3)14-9-4/h1-5H,11-19H2. The van der Waals surface area contributed by atoms with E-state index in [0.717, 1.165) is 26.2 Å². The lowest BCUT2D eigenvalue weighted by Gasteiger charge is -2.26. The summed E-state index contributed by atoms with van der Waals surface area (Å²) >= 11 is 0. The third-order valence-corrected chi connectivity index (χ3v) is 3.04. The Bertz CT molecular complexity index is 429. The predicted octanol–water partition coefficient (Wildman–Crippen LogP) is 0.0584. The first-order chi connectivity index (χ1) is 10.7. The Morgan fingerprint density at radius 2 is 0.636 bits per heavy atom. The van der Waals surface area contributed by atoms with Crippen LogP contribution in [0.25, 0.3) is 0 Å². The van der Waals surface area contributed by atoms with E-state index in [-0.39, 0.29) is 0 Å². The predicted molar refractivity (Wildman–Crippen MR) is 93.5 cm³/mol. The van der Waals surface area contributed by atoms with Crippen LogP contribution in [0.15, 0.2) is 0 Å². The molecule has 0 aromatic carbocycles. The van der Waals surface area contributed by atoms with Gasteiger partial charge in [-0.3, -0.25) is 14.7 Å². The second-order valence-corrected chi connectivity index (χ2v) is 4.72. The molecule has 0 aliphatic rings. The van der Waals surface area contributed by atoms with Crippen molar-refractivity contribution in [2.24, 2.45) is 0 Å². The monoisotopic (exact) mass is 293 g/mol.